The number of aromatic nitrogens is 1. The molecule has 0 aliphatic carbocycles. The number of nitro groups is 1. The number of carbonyl (C=O) groups is 1. The summed E-state index contributed by atoms with van der Waals surface area (Å²) in [5.74, 6) is -1.55. The molecule has 0 atom stereocenters. The number of aromatic amines is 1. The van der Waals surface area contributed by atoms with Gasteiger partial charge in [0.2, 0.25) is 5.75 Å². The monoisotopic (exact) mass is 286 g/mol. The Bertz CT molecular complexity index is 567. The quantitative estimate of drug-likeness (QED) is 0.516. The minimum absolute atomic E-state index is 0.368. The van der Waals surface area contributed by atoms with Gasteiger partial charge in [-0.2, -0.15) is 0 Å². The Morgan fingerprint density at radius 1 is 1.50 bits per heavy atom. The molecule has 7 nitrogen and oxygen atoms in total. The predicted molar refractivity (Wildman–Crippen MR) is 50.6 cm³/mol. The van der Waals surface area contributed by atoms with Crippen molar-refractivity contribution in [2.45, 2.75) is 6.36 Å². The van der Waals surface area contributed by atoms with E-state index in [1.807, 2.05) is 0 Å². The SMILES string of the molecule is O=C(Cl)c1c(OC(F)(F)F)c([N+](=O)[O-])c[nH]c1=O. The first-order valence-electron chi connectivity index (χ1n) is 3.99. The largest absolute Gasteiger partial charge is 0.573 e. The summed E-state index contributed by atoms with van der Waals surface area (Å²) in [5.41, 5.74) is -3.86. The van der Waals surface area contributed by atoms with Gasteiger partial charge in [0.1, 0.15) is 5.56 Å². The van der Waals surface area contributed by atoms with Crippen molar-refractivity contribution in [3.63, 3.8) is 0 Å². The highest BCUT2D eigenvalue weighted by atomic mass is 35.5. The van der Waals surface area contributed by atoms with Crippen LogP contribution < -0.4 is 10.3 Å². The van der Waals surface area contributed by atoms with E-state index in [1.54, 1.807) is 4.98 Å². The maximum absolute atomic E-state index is 12.0. The Labute approximate surface area is 100 Å². The molecule has 0 amide bonds. The van der Waals surface area contributed by atoms with Gasteiger partial charge in [-0.25, -0.2) is 0 Å². The second-order valence-corrected chi connectivity index (χ2v) is 3.13. The van der Waals surface area contributed by atoms with Crippen molar-refractivity contribution < 1.29 is 27.6 Å². The first kappa shape index (κ1) is 14.0. The van der Waals surface area contributed by atoms with Crippen molar-refractivity contribution >= 4 is 22.5 Å². The number of hydrogen-bond donors (Lipinski definition) is 1. The van der Waals surface area contributed by atoms with Crippen molar-refractivity contribution in [1.29, 1.82) is 0 Å². The lowest BCUT2D eigenvalue weighted by Crippen LogP contribution is -2.24. The molecule has 1 N–H and O–H groups in total. The Kier molecular flexibility index (Phi) is 3.60. The third-order valence-electron chi connectivity index (χ3n) is 1.64. The van der Waals surface area contributed by atoms with Crippen LogP contribution in [0.5, 0.6) is 5.75 Å². The van der Waals surface area contributed by atoms with Crippen LogP contribution in [0, 0.1) is 10.1 Å². The van der Waals surface area contributed by atoms with Crippen LogP contribution in [0.3, 0.4) is 0 Å². The number of pyridine rings is 1. The van der Waals surface area contributed by atoms with Gasteiger partial charge in [-0.3, -0.25) is 19.7 Å². The topological polar surface area (TPSA) is 102 Å². The van der Waals surface area contributed by atoms with Crippen LogP contribution >= 0.6 is 11.6 Å². The molecule has 1 aromatic heterocycles. The molecule has 1 aromatic rings. The number of nitrogens with one attached hydrogen (secondary N) is 1. The minimum atomic E-state index is -5.32. The number of carbonyl (C=O) groups excluding carboxylic acids is 1. The summed E-state index contributed by atoms with van der Waals surface area (Å²) in [7, 11) is 0. The molecule has 0 aliphatic heterocycles. The number of hydrogen-bond acceptors (Lipinski definition) is 5. The molecular weight excluding hydrogens is 285 g/mol. The van der Waals surface area contributed by atoms with Gasteiger partial charge in [-0.05, 0) is 11.6 Å². The van der Waals surface area contributed by atoms with Gasteiger partial charge in [-0.15, -0.1) is 13.2 Å². The van der Waals surface area contributed by atoms with Crippen molar-refractivity contribution in [3.05, 3.63) is 32.2 Å². The zero-order valence-corrected chi connectivity index (χ0v) is 8.83. The number of rotatable bonds is 3. The fourth-order valence-electron chi connectivity index (χ4n) is 1.04. The average Bonchev–Trinajstić information content (AvgIpc) is 2.13. The first-order valence-corrected chi connectivity index (χ1v) is 4.37. The van der Waals surface area contributed by atoms with Gasteiger partial charge in [0, 0.05) is 0 Å². The molecule has 11 heteroatoms. The molecule has 0 aliphatic rings. The Balaban J connectivity index is 3.59. The van der Waals surface area contributed by atoms with Crippen molar-refractivity contribution in [3.8, 4) is 5.75 Å². The summed E-state index contributed by atoms with van der Waals surface area (Å²) >= 11 is 4.89. The van der Waals surface area contributed by atoms with E-state index in [-0.39, 0.29) is 0 Å². The zero-order valence-electron chi connectivity index (χ0n) is 8.08. The Hall–Kier alpha value is -2.10. The standard InChI is InChI=1S/C7H2ClF3N2O5/c8-5(14)3-4(18-7(9,10)11)2(13(16)17)1-12-6(3)15/h1H,(H,12,15). The molecule has 1 heterocycles. The molecule has 0 unspecified atom stereocenters. The smallest absolute Gasteiger partial charge is 0.397 e. The lowest BCUT2D eigenvalue weighted by molar-refractivity contribution is -0.389. The molecule has 1 rings (SSSR count). The van der Waals surface area contributed by atoms with Gasteiger partial charge < -0.3 is 9.72 Å². The lowest BCUT2D eigenvalue weighted by Gasteiger charge is -2.10. The van der Waals surface area contributed by atoms with Gasteiger partial charge in [-0.1, -0.05) is 0 Å². The van der Waals surface area contributed by atoms with E-state index in [0.717, 1.165) is 0 Å². The number of alkyl halides is 3. The molecule has 98 valence electrons. The van der Waals surface area contributed by atoms with Crippen LogP contribution in [-0.2, 0) is 0 Å². The van der Waals surface area contributed by atoms with E-state index >= 15 is 0 Å². The summed E-state index contributed by atoms with van der Waals surface area (Å²) in [6, 6.07) is 0. The van der Waals surface area contributed by atoms with E-state index in [2.05, 4.69) is 4.74 Å². The van der Waals surface area contributed by atoms with E-state index in [4.69, 9.17) is 11.6 Å². The number of halogens is 4. The molecule has 0 spiro atoms. The zero-order chi connectivity index (χ0) is 14.1. The van der Waals surface area contributed by atoms with Gasteiger partial charge in [0.25, 0.3) is 10.8 Å². The summed E-state index contributed by atoms with van der Waals surface area (Å²) in [4.78, 5) is 32.9. The summed E-state index contributed by atoms with van der Waals surface area (Å²) < 4.78 is 39.4. The average molecular weight is 287 g/mol. The fourth-order valence-corrected chi connectivity index (χ4v) is 1.21. The third-order valence-corrected chi connectivity index (χ3v) is 1.83. The fraction of sp³-hybridized carbons (Fsp3) is 0.143. The van der Waals surface area contributed by atoms with Crippen molar-refractivity contribution in [1.82, 2.24) is 4.98 Å². The Morgan fingerprint density at radius 3 is 2.44 bits per heavy atom. The third kappa shape index (κ3) is 2.97. The molecule has 0 radical (unpaired) electrons. The molecule has 0 saturated heterocycles. The van der Waals surface area contributed by atoms with Crippen LogP contribution in [0.15, 0.2) is 11.0 Å². The molecule has 0 saturated carbocycles. The van der Waals surface area contributed by atoms with Gasteiger partial charge >= 0.3 is 12.0 Å². The normalized spacial score (nSPS) is 11.1. The minimum Gasteiger partial charge on any atom is -0.397 e. The molecule has 0 aromatic carbocycles. The molecule has 18 heavy (non-hydrogen) atoms. The van der Waals surface area contributed by atoms with E-state index in [0.29, 0.717) is 6.20 Å². The van der Waals surface area contributed by atoms with Gasteiger partial charge in [0.15, 0.2) is 0 Å². The summed E-state index contributed by atoms with van der Waals surface area (Å²) in [5, 5.41) is 8.86. The van der Waals surface area contributed by atoms with E-state index in [1.165, 1.54) is 0 Å². The second-order valence-electron chi connectivity index (χ2n) is 2.79. The molecule has 0 fully saturated rings. The highest BCUT2D eigenvalue weighted by Crippen LogP contribution is 2.33. The lowest BCUT2D eigenvalue weighted by atomic mass is 10.2. The van der Waals surface area contributed by atoms with Crippen molar-refractivity contribution in [2.75, 3.05) is 0 Å². The maximum atomic E-state index is 12.0. The first-order chi connectivity index (χ1) is 8.13. The highest BCUT2D eigenvalue weighted by molar-refractivity contribution is 6.68. The molecule has 0 bridgehead atoms. The summed E-state index contributed by atoms with van der Waals surface area (Å²) in [6.45, 7) is 0. The molecular formula is C7H2ClF3N2O5. The number of H-pyrrole nitrogens is 1. The van der Waals surface area contributed by atoms with Crippen LogP contribution in [0.25, 0.3) is 0 Å². The predicted octanol–water partition coefficient (Wildman–Crippen LogP) is 1.56. The Morgan fingerprint density at radius 2 is 2.06 bits per heavy atom. The van der Waals surface area contributed by atoms with E-state index in [9.17, 15) is 32.9 Å². The van der Waals surface area contributed by atoms with Crippen LogP contribution in [0.1, 0.15) is 10.4 Å². The van der Waals surface area contributed by atoms with Crippen LogP contribution in [0.4, 0.5) is 18.9 Å². The maximum Gasteiger partial charge on any atom is 0.573 e. The van der Waals surface area contributed by atoms with Crippen molar-refractivity contribution in [2.24, 2.45) is 0 Å². The number of ether oxygens (including phenoxy) is 1. The van der Waals surface area contributed by atoms with Crippen LogP contribution in [-0.4, -0.2) is 21.5 Å². The van der Waals surface area contributed by atoms with Gasteiger partial charge in [0.05, 0.1) is 11.1 Å². The van der Waals surface area contributed by atoms with E-state index < -0.39 is 39.1 Å². The van der Waals surface area contributed by atoms with Crippen LogP contribution in [0.2, 0.25) is 0 Å². The highest BCUT2D eigenvalue weighted by Gasteiger charge is 2.38. The summed E-state index contributed by atoms with van der Waals surface area (Å²) in [6.07, 6.45) is -4.95. The second kappa shape index (κ2) is 4.64. The number of nitrogens with zero attached hydrogens (tertiary/aromatic N) is 1.